The van der Waals surface area contributed by atoms with Crippen molar-refractivity contribution in [2.24, 2.45) is 5.92 Å². The van der Waals surface area contributed by atoms with Crippen LogP contribution in [0.3, 0.4) is 0 Å². The van der Waals surface area contributed by atoms with E-state index >= 15 is 0 Å². The summed E-state index contributed by atoms with van der Waals surface area (Å²) in [6, 6.07) is 3.95. The van der Waals surface area contributed by atoms with Gasteiger partial charge in [0, 0.05) is 54.9 Å². The SMILES string of the molecule is O=c1cc2c(nn1CC1CN(c3cc(C4CCC4)ncn3)C1)CCSC2. The molecule has 0 unspecified atom stereocenters. The minimum absolute atomic E-state index is 0.0407. The van der Waals surface area contributed by atoms with Crippen LogP contribution in [0.25, 0.3) is 0 Å². The van der Waals surface area contributed by atoms with E-state index in [9.17, 15) is 4.79 Å². The summed E-state index contributed by atoms with van der Waals surface area (Å²) < 4.78 is 1.68. The lowest BCUT2D eigenvalue weighted by Crippen LogP contribution is -2.50. The Hall–Kier alpha value is -1.89. The lowest BCUT2D eigenvalue weighted by atomic mass is 9.83. The van der Waals surface area contributed by atoms with Gasteiger partial charge in [0.05, 0.1) is 12.2 Å². The van der Waals surface area contributed by atoms with Crippen LogP contribution < -0.4 is 10.5 Å². The Morgan fingerprint density at radius 1 is 1.19 bits per heavy atom. The van der Waals surface area contributed by atoms with Crippen LogP contribution >= 0.6 is 11.8 Å². The number of fused-ring (bicyclic) bond motifs is 1. The first-order valence-electron chi connectivity index (χ1n) is 9.51. The number of hydrogen-bond donors (Lipinski definition) is 0. The summed E-state index contributed by atoms with van der Waals surface area (Å²) in [4.78, 5) is 23.5. The van der Waals surface area contributed by atoms with Crippen LogP contribution in [0.1, 0.15) is 42.1 Å². The first kappa shape index (κ1) is 16.3. The van der Waals surface area contributed by atoms with Crippen molar-refractivity contribution in [3.63, 3.8) is 0 Å². The van der Waals surface area contributed by atoms with Crippen molar-refractivity contribution in [1.29, 1.82) is 0 Å². The van der Waals surface area contributed by atoms with Crippen LogP contribution in [0.2, 0.25) is 0 Å². The fourth-order valence-corrected chi connectivity index (χ4v) is 4.91. The van der Waals surface area contributed by atoms with Gasteiger partial charge in [0.25, 0.3) is 5.56 Å². The Balaban J connectivity index is 1.24. The van der Waals surface area contributed by atoms with E-state index in [1.165, 1.54) is 25.0 Å². The van der Waals surface area contributed by atoms with Crippen molar-refractivity contribution in [2.75, 3.05) is 23.7 Å². The fraction of sp³-hybridized carbons (Fsp3) is 0.579. The molecule has 5 rings (SSSR count). The molecule has 2 fully saturated rings. The van der Waals surface area contributed by atoms with Gasteiger partial charge in [-0.15, -0.1) is 0 Å². The molecule has 0 atom stereocenters. The monoisotopic (exact) mass is 369 g/mol. The highest BCUT2D eigenvalue weighted by molar-refractivity contribution is 7.98. The van der Waals surface area contributed by atoms with Gasteiger partial charge in [-0.1, -0.05) is 6.42 Å². The van der Waals surface area contributed by atoms with Gasteiger partial charge in [-0.3, -0.25) is 4.79 Å². The Morgan fingerprint density at radius 3 is 2.88 bits per heavy atom. The highest BCUT2D eigenvalue weighted by Gasteiger charge is 2.30. The maximum atomic E-state index is 12.3. The number of rotatable bonds is 4. The molecule has 1 saturated carbocycles. The van der Waals surface area contributed by atoms with Gasteiger partial charge in [-0.05, 0) is 24.2 Å². The molecule has 1 aliphatic carbocycles. The van der Waals surface area contributed by atoms with Gasteiger partial charge in [0.15, 0.2) is 0 Å². The van der Waals surface area contributed by atoms with E-state index in [1.807, 2.05) is 11.8 Å². The maximum absolute atomic E-state index is 12.3. The van der Waals surface area contributed by atoms with Crippen LogP contribution in [-0.2, 0) is 18.7 Å². The molecule has 2 aliphatic heterocycles. The van der Waals surface area contributed by atoms with Crippen molar-refractivity contribution in [3.05, 3.63) is 45.8 Å². The van der Waals surface area contributed by atoms with Gasteiger partial charge in [-0.25, -0.2) is 14.6 Å². The smallest absolute Gasteiger partial charge is 0.267 e. The van der Waals surface area contributed by atoms with Crippen LogP contribution in [0.4, 0.5) is 5.82 Å². The standard InChI is InChI=1S/C19H23N5OS/c25-19-6-15-11-26-5-4-16(15)22-24(19)10-13-8-23(9-13)18-7-17(20-12-21-18)14-2-1-3-14/h6-7,12-14H,1-5,8-11H2. The van der Waals surface area contributed by atoms with Gasteiger partial charge < -0.3 is 4.90 Å². The second kappa shape index (κ2) is 6.68. The molecule has 0 N–H and O–H groups in total. The van der Waals surface area contributed by atoms with Gasteiger partial charge in [0.1, 0.15) is 12.1 Å². The molecular weight excluding hydrogens is 346 g/mol. The Bertz CT molecular complexity index is 872. The van der Waals surface area contributed by atoms with Gasteiger partial charge >= 0.3 is 0 Å². The molecule has 3 aliphatic rings. The molecule has 26 heavy (non-hydrogen) atoms. The topological polar surface area (TPSA) is 63.9 Å². The summed E-state index contributed by atoms with van der Waals surface area (Å²) in [7, 11) is 0. The highest BCUT2D eigenvalue weighted by Crippen LogP contribution is 2.36. The minimum Gasteiger partial charge on any atom is -0.356 e. The van der Waals surface area contributed by atoms with Crippen LogP contribution in [0, 0.1) is 5.92 Å². The summed E-state index contributed by atoms with van der Waals surface area (Å²) in [6.45, 7) is 2.57. The van der Waals surface area contributed by atoms with E-state index in [0.29, 0.717) is 18.4 Å². The van der Waals surface area contributed by atoms with Gasteiger partial charge in [-0.2, -0.15) is 16.9 Å². The molecule has 136 valence electrons. The molecule has 4 heterocycles. The quantitative estimate of drug-likeness (QED) is 0.823. The lowest BCUT2D eigenvalue weighted by Gasteiger charge is -2.40. The fourth-order valence-electron chi connectivity index (χ4n) is 3.96. The summed E-state index contributed by atoms with van der Waals surface area (Å²) >= 11 is 1.88. The normalized spacial score (nSPS) is 20.4. The molecule has 2 aromatic heterocycles. The zero-order chi connectivity index (χ0) is 17.5. The third-order valence-electron chi connectivity index (χ3n) is 5.81. The van der Waals surface area contributed by atoms with Crippen molar-refractivity contribution in [1.82, 2.24) is 19.7 Å². The molecule has 0 amide bonds. The Kier molecular flexibility index (Phi) is 4.19. The number of aromatic nitrogens is 4. The molecule has 6 nitrogen and oxygen atoms in total. The van der Waals surface area contributed by atoms with E-state index in [2.05, 4.69) is 26.0 Å². The molecule has 2 aromatic rings. The van der Waals surface area contributed by atoms with Crippen molar-refractivity contribution < 1.29 is 0 Å². The van der Waals surface area contributed by atoms with E-state index in [-0.39, 0.29) is 5.56 Å². The van der Waals surface area contributed by atoms with Crippen molar-refractivity contribution in [2.45, 2.75) is 43.9 Å². The summed E-state index contributed by atoms with van der Waals surface area (Å²) in [6.07, 6.45) is 6.50. The van der Waals surface area contributed by atoms with Gasteiger partial charge in [0.2, 0.25) is 0 Å². The summed E-state index contributed by atoms with van der Waals surface area (Å²) in [5, 5.41) is 4.64. The second-order valence-corrected chi connectivity index (χ2v) is 8.74. The zero-order valence-corrected chi connectivity index (χ0v) is 15.6. The number of anilines is 1. The molecule has 0 spiro atoms. The average Bonchev–Trinajstić information content (AvgIpc) is 2.56. The number of thioether (sulfide) groups is 1. The van der Waals surface area contributed by atoms with Crippen LogP contribution in [0.5, 0.6) is 0 Å². The Morgan fingerprint density at radius 2 is 2.08 bits per heavy atom. The Labute approximate surface area is 157 Å². The van der Waals surface area contributed by atoms with E-state index < -0.39 is 0 Å². The minimum atomic E-state index is 0.0407. The van der Waals surface area contributed by atoms with Crippen LogP contribution in [-0.4, -0.2) is 38.6 Å². The van der Waals surface area contributed by atoms with Crippen LogP contribution in [0.15, 0.2) is 23.3 Å². The predicted octanol–water partition coefficient (Wildman–Crippen LogP) is 2.23. The zero-order valence-electron chi connectivity index (χ0n) is 14.8. The summed E-state index contributed by atoms with van der Waals surface area (Å²) in [5.41, 5.74) is 3.47. The first-order valence-corrected chi connectivity index (χ1v) is 10.7. The summed E-state index contributed by atoms with van der Waals surface area (Å²) in [5.74, 6) is 4.14. The number of aryl methyl sites for hydroxylation is 1. The van der Waals surface area contributed by atoms with E-state index in [4.69, 9.17) is 0 Å². The lowest BCUT2D eigenvalue weighted by molar-refractivity contribution is 0.330. The molecule has 1 saturated heterocycles. The predicted molar refractivity (Wildman–Crippen MR) is 103 cm³/mol. The average molecular weight is 369 g/mol. The third-order valence-corrected chi connectivity index (χ3v) is 6.82. The highest BCUT2D eigenvalue weighted by atomic mass is 32.2. The molecule has 0 radical (unpaired) electrons. The number of nitrogens with zero attached hydrogens (tertiary/aromatic N) is 5. The van der Waals surface area contributed by atoms with Crippen molar-refractivity contribution >= 4 is 17.6 Å². The largest absolute Gasteiger partial charge is 0.356 e. The third kappa shape index (κ3) is 3.02. The van der Waals surface area contributed by atoms with Crippen molar-refractivity contribution in [3.8, 4) is 0 Å². The second-order valence-electron chi connectivity index (χ2n) is 7.64. The molecule has 0 bridgehead atoms. The van der Waals surface area contributed by atoms with E-state index in [0.717, 1.165) is 48.1 Å². The molecule has 0 aromatic carbocycles. The molecular formula is C19H23N5OS. The number of hydrogen-bond acceptors (Lipinski definition) is 6. The molecule has 7 heteroatoms. The van der Waals surface area contributed by atoms with E-state index in [1.54, 1.807) is 17.1 Å². The maximum Gasteiger partial charge on any atom is 0.267 e. The first-order chi connectivity index (χ1) is 12.8.